The zero-order chi connectivity index (χ0) is 13.3. The topological polar surface area (TPSA) is 40.5 Å². The molecule has 3 rings (SSSR count). The number of phenols is 2. The van der Waals surface area contributed by atoms with E-state index < -0.39 is 0 Å². The van der Waals surface area contributed by atoms with Crippen molar-refractivity contribution in [1.29, 1.82) is 0 Å². The fraction of sp³-hybridized carbons (Fsp3) is 0.294. The molecule has 19 heavy (non-hydrogen) atoms. The van der Waals surface area contributed by atoms with E-state index in [1.165, 1.54) is 11.6 Å². The SMILES string of the molecule is Oc1ccc(O)c(C2(c3ccccc3)CCCC2)c1. The van der Waals surface area contributed by atoms with Crippen LogP contribution in [0.25, 0.3) is 0 Å². The van der Waals surface area contributed by atoms with Gasteiger partial charge < -0.3 is 10.2 Å². The van der Waals surface area contributed by atoms with Gasteiger partial charge in [-0.2, -0.15) is 0 Å². The first kappa shape index (κ1) is 12.1. The molecule has 0 heterocycles. The molecule has 0 saturated heterocycles. The van der Waals surface area contributed by atoms with Gasteiger partial charge >= 0.3 is 0 Å². The van der Waals surface area contributed by atoms with Crippen LogP contribution < -0.4 is 0 Å². The van der Waals surface area contributed by atoms with Crippen LogP contribution in [0.3, 0.4) is 0 Å². The number of aromatic hydroxyl groups is 2. The van der Waals surface area contributed by atoms with Gasteiger partial charge in [-0.3, -0.25) is 0 Å². The number of phenolic OH excluding ortho intramolecular Hbond substituents is 2. The molecule has 0 radical (unpaired) electrons. The van der Waals surface area contributed by atoms with Crippen LogP contribution in [0.15, 0.2) is 48.5 Å². The summed E-state index contributed by atoms with van der Waals surface area (Å²) in [4.78, 5) is 0. The van der Waals surface area contributed by atoms with Crippen molar-refractivity contribution in [3.8, 4) is 11.5 Å². The van der Waals surface area contributed by atoms with Gasteiger partial charge in [-0.1, -0.05) is 43.2 Å². The highest BCUT2D eigenvalue weighted by molar-refractivity contribution is 5.50. The second kappa shape index (κ2) is 4.61. The normalized spacial score (nSPS) is 17.5. The van der Waals surface area contributed by atoms with Crippen molar-refractivity contribution >= 4 is 0 Å². The molecule has 0 atom stereocenters. The highest BCUT2D eigenvalue weighted by atomic mass is 16.3. The van der Waals surface area contributed by atoms with Crippen LogP contribution in [-0.2, 0) is 5.41 Å². The van der Waals surface area contributed by atoms with Gasteiger partial charge in [0.15, 0.2) is 0 Å². The van der Waals surface area contributed by atoms with Gasteiger partial charge in [-0.05, 0) is 36.6 Å². The first-order valence-electron chi connectivity index (χ1n) is 6.80. The third-order valence-corrected chi connectivity index (χ3v) is 4.28. The molecule has 1 aliphatic rings. The van der Waals surface area contributed by atoms with E-state index in [2.05, 4.69) is 12.1 Å². The first-order chi connectivity index (χ1) is 9.22. The summed E-state index contributed by atoms with van der Waals surface area (Å²) in [7, 11) is 0. The molecule has 0 aliphatic heterocycles. The van der Waals surface area contributed by atoms with Gasteiger partial charge in [0.25, 0.3) is 0 Å². The zero-order valence-corrected chi connectivity index (χ0v) is 10.8. The second-order valence-electron chi connectivity index (χ2n) is 5.36. The van der Waals surface area contributed by atoms with E-state index in [4.69, 9.17) is 0 Å². The standard InChI is InChI=1S/C17H18O2/c18-14-8-9-16(19)15(12-14)17(10-4-5-11-17)13-6-2-1-3-7-13/h1-3,6-9,12,18-19H,4-5,10-11H2. The van der Waals surface area contributed by atoms with Crippen molar-refractivity contribution < 1.29 is 10.2 Å². The summed E-state index contributed by atoms with van der Waals surface area (Å²) in [6.07, 6.45) is 4.36. The van der Waals surface area contributed by atoms with Crippen molar-refractivity contribution in [3.05, 3.63) is 59.7 Å². The van der Waals surface area contributed by atoms with Gasteiger partial charge in [-0.25, -0.2) is 0 Å². The van der Waals surface area contributed by atoms with Gasteiger partial charge in [0.05, 0.1) is 0 Å². The second-order valence-corrected chi connectivity index (χ2v) is 5.36. The molecule has 2 heteroatoms. The van der Waals surface area contributed by atoms with E-state index >= 15 is 0 Å². The summed E-state index contributed by atoms with van der Waals surface area (Å²) in [5, 5.41) is 20.0. The smallest absolute Gasteiger partial charge is 0.119 e. The van der Waals surface area contributed by atoms with E-state index in [0.29, 0.717) is 0 Å². The summed E-state index contributed by atoms with van der Waals surface area (Å²) in [5.41, 5.74) is 1.94. The van der Waals surface area contributed by atoms with Crippen LogP contribution in [0.5, 0.6) is 11.5 Å². The average molecular weight is 254 g/mol. The maximum Gasteiger partial charge on any atom is 0.119 e. The molecule has 1 saturated carbocycles. The van der Waals surface area contributed by atoms with Crippen LogP contribution in [0.2, 0.25) is 0 Å². The Morgan fingerprint density at radius 1 is 0.842 bits per heavy atom. The minimum Gasteiger partial charge on any atom is -0.508 e. The van der Waals surface area contributed by atoms with Crippen LogP contribution in [-0.4, -0.2) is 10.2 Å². The minimum atomic E-state index is -0.149. The first-order valence-corrected chi connectivity index (χ1v) is 6.80. The molecule has 2 N–H and O–H groups in total. The van der Waals surface area contributed by atoms with E-state index in [9.17, 15) is 10.2 Å². The van der Waals surface area contributed by atoms with Gasteiger partial charge in [0.1, 0.15) is 11.5 Å². The Kier molecular flexibility index (Phi) is 2.94. The van der Waals surface area contributed by atoms with E-state index in [0.717, 1.165) is 31.2 Å². The maximum atomic E-state index is 10.2. The molecule has 2 aromatic rings. The molecule has 1 fully saturated rings. The Bertz CT molecular complexity index is 569. The average Bonchev–Trinajstić information content (AvgIpc) is 2.93. The molecular weight excluding hydrogens is 236 g/mol. The Hall–Kier alpha value is -1.96. The van der Waals surface area contributed by atoms with Crippen molar-refractivity contribution in [1.82, 2.24) is 0 Å². The highest BCUT2D eigenvalue weighted by Crippen LogP contribution is 2.49. The Labute approximate surface area is 113 Å². The molecule has 1 aliphatic carbocycles. The monoisotopic (exact) mass is 254 g/mol. The number of rotatable bonds is 2. The molecule has 0 aromatic heterocycles. The Morgan fingerprint density at radius 2 is 1.53 bits per heavy atom. The minimum absolute atomic E-state index is 0.149. The summed E-state index contributed by atoms with van der Waals surface area (Å²) in [6.45, 7) is 0. The van der Waals surface area contributed by atoms with Crippen molar-refractivity contribution in [2.75, 3.05) is 0 Å². The molecule has 0 bridgehead atoms. The molecule has 0 spiro atoms. The summed E-state index contributed by atoms with van der Waals surface area (Å²) < 4.78 is 0. The lowest BCUT2D eigenvalue weighted by molar-refractivity contribution is 0.427. The molecule has 98 valence electrons. The van der Waals surface area contributed by atoms with Crippen LogP contribution in [0.4, 0.5) is 0 Å². The highest BCUT2D eigenvalue weighted by Gasteiger charge is 2.39. The number of hydrogen-bond acceptors (Lipinski definition) is 2. The Morgan fingerprint density at radius 3 is 2.21 bits per heavy atom. The predicted molar refractivity (Wildman–Crippen MR) is 75.5 cm³/mol. The van der Waals surface area contributed by atoms with Crippen LogP contribution in [0, 0.1) is 0 Å². The van der Waals surface area contributed by atoms with Crippen molar-refractivity contribution in [3.63, 3.8) is 0 Å². The number of benzene rings is 2. The summed E-state index contributed by atoms with van der Waals surface area (Å²) in [6, 6.07) is 15.2. The van der Waals surface area contributed by atoms with Gasteiger partial charge in [0.2, 0.25) is 0 Å². The fourth-order valence-corrected chi connectivity index (χ4v) is 3.36. The summed E-state index contributed by atoms with van der Waals surface area (Å²) >= 11 is 0. The Balaban J connectivity index is 2.19. The van der Waals surface area contributed by atoms with E-state index in [1.807, 2.05) is 18.2 Å². The number of hydrogen-bond donors (Lipinski definition) is 2. The van der Waals surface area contributed by atoms with Crippen LogP contribution in [0.1, 0.15) is 36.8 Å². The van der Waals surface area contributed by atoms with Crippen molar-refractivity contribution in [2.24, 2.45) is 0 Å². The van der Waals surface area contributed by atoms with E-state index in [1.54, 1.807) is 12.1 Å². The molecule has 0 amide bonds. The lowest BCUT2D eigenvalue weighted by Gasteiger charge is -2.31. The molecule has 2 nitrogen and oxygen atoms in total. The molecule has 0 unspecified atom stereocenters. The fourth-order valence-electron chi connectivity index (χ4n) is 3.36. The maximum absolute atomic E-state index is 10.2. The van der Waals surface area contributed by atoms with Crippen LogP contribution >= 0.6 is 0 Å². The molecule has 2 aromatic carbocycles. The van der Waals surface area contributed by atoms with Crippen molar-refractivity contribution in [2.45, 2.75) is 31.1 Å². The lowest BCUT2D eigenvalue weighted by atomic mass is 9.73. The van der Waals surface area contributed by atoms with E-state index in [-0.39, 0.29) is 16.9 Å². The quantitative estimate of drug-likeness (QED) is 0.796. The lowest BCUT2D eigenvalue weighted by Crippen LogP contribution is -2.23. The summed E-state index contributed by atoms with van der Waals surface area (Å²) in [5.74, 6) is 0.499. The van der Waals surface area contributed by atoms with Gasteiger partial charge in [0, 0.05) is 11.0 Å². The third-order valence-electron chi connectivity index (χ3n) is 4.28. The zero-order valence-electron chi connectivity index (χ0n) is 10.8. The predicted octanol–water partition coefficient (Wildman–Crippen LogP) is 3.96. The molecular formula is C17H18O2. The third kappa shape index (κ3) is 1.97. The van der Waals surface area contributed by atoms with Gasteiger partial charge in [-0.15, -0.1) is 0 Å². The largest absolute Gasteiger partial charge is 0.508 e.